The lowest BCUT2D eigenvalue weighted by atomic mass is 9.86. The second kappa shape index (κ2) is 7.67. The van der Waals surface area contributed by atoms with Crippen molar-refractivity contribution in [1.82, 2.24) is 10.6 Å². The monoisotopic (exact) mass is 290 g/mol. The van der Waals surface area contributed by atoms with Gasteiger partial charge in [-0.2, -0.15) is 0 Å². The molecule has 0 bridgehead atoms. The van der Waals surface area contributed by atoms with Gasteiger partial charge >= 0.3 is 0 Å². The van der Waals surface area contributed by atoms with Gasteiger partial charge in [0.25, 0.3) is 0 Å². The van der Waals surface area contributed by atoms with E-state index in [1.807, 2.05) is 0 Å². The smallest absolute Gasteiger partial charge is 0.244 e. The highest BCUT2D eigenvalue weighted by atomic mass is 16.3. The number of carbonyl (C=O) groups excluding carboxylic acids is 2. The summed E-state index contributed by atoms with van der Waals surface area (Å²) in [6, 6.07) is 3.74. The summed E-state index contributed by atoms with van der Waals surface area (Å²) in [6.07, 6.45) is 9.04. The minimum Gasteiger partial charge on any atom is -0.465 e. The summed E-state index contributed by atoms with van der Waals surface area (Å²) in [6.45, 7) is 2.17. The maximum Gasteiger partial charge on any atom is 0.244 e. The van der Waals surface area contributed by atoms with E-state index in [-0.39, 0.29) is 24.4 Å². The van der Waals surface area contributed by atoms with E-state index in [9.17, 15) is 9.59 Å². The van der Waals surface area contributed by atoms with Gasteiger partial charge in [0.15, 0.2) is 0 Å². The SMILES string of the molecule is CC1CCCCC1NC(=O)CNC(=O)/C=C/c1ccco1. The summed E-state index contributed by atoms with van der Waals surface area (Å²) < 4.78 is 5.08. The van der Waals surface area contributed by atoms with Crippen molar-refractivity contribution in [3.05, 3.63) is 30.2 Å². The molecule has 1 aliphatic carbocycles. The fraction of sp³-hybridized carbons (Fsp3) is 0.500. The topological polar surface area (TPSA) is 71.3 Å². The van der Waals surface area contributed by atoms with E-state index in [1.54, 1.807) is 18.2 Å². The van der Waals surface area contributed by atoms with E-state index in [0.717, 1.165) is 19.3 Å². The van der Waals surface area contributed by atoms with Crippen molar-refractivity contribution in [3.63, 3.8) is 0 Å². The summed E-state index contributed by atoms with van der Waals surface area (Å²) in [4.78, 5) is 23.4. The highest BCUT2D eigenvalue weighted by Gasteiger charge is 2.22. The Morgan fingerprint density at radius 2 is 2.19 bits per heavy atom. The first-order valence-electron chi connectivity index (χ1n) is 7.44. The van der Waals surface area contributed by atoms with Gasteiger partial charge in [0.1, 0.15) is 5.76 Å². The van der Waals surface area contributed by atoms with Crippen LogP contribution in [0.2, 0.25) is 0 Å². The summed E-state index contributed by atoms with van der Waals surface area (Å²) in [7, 11) is 0. The van der Waals surface area contributed by atoms with E-state index in [4.69, 9.17) is 4.42 Å². The van der Waals surface area contributed by atoms with Crippen LogP contribution in [0.3, 0.4) is 0 Å². The molecule has 2 atom stereocenters. The van der Waals surface area contributed by atoms with Crippen molar-refractivity contribution < 1.29 is 14.0 Å². The van der Waals surface area contributed by atoms with Crippen LogP contribution in [0, 0.1) is 5.92 Å². The van der Waals surface area contributed by atoms with Gasteiger partial charge in [-0.1, -0.05) is 19.8 Å². The lowest BCUT2D eigenvalue weighted by Gasteiger charge is -2.29. The first-order valence-corrected chi connectivity index (χ1v) is 7.44. The second-order valence-electron chi connectivity index (χ2n) is 5.50. The van der Waals surface area contributed by atoms with Crippen molar-refractivity contribution in [3.8, 4) is 0 Å². The molecule has 0 aromatic carbocycles. The number of nitrogens with one attached hydrogen (secondary N) is 2. The van der Waals surface area contributed by atoms with E-state index in [0.29, 0.717) is 11.7 Å². The Kier molecular flexibility index (Phi) is 5.60. The van der Waals surface area contributed by atoms with Crippen LogP contribution < -0.4 is 10.6 Å². The van der Waals surface area contributed by atoms with Crippen molar-refractivity contribution in [2.24, 2.45) is 5.92 Å². The van der Waals surface area contributed by atoms with Crippen molar-refractivity contribution in [2.75, 3.05) is 6.54 Å². The zero-order valence-corrected chi connectivity index (χ0v) is 12.3. The van der Waals surface area contributed by atoms with E-state index in [2.05, 4.69) is 17.6 Å². The number of furan rings is 1. The quantitative estimate of drug-likeness (QED) is 0.816. The average Bonchev–Trinajstić information content (AvgIpc) is 2.99. The van der Waals surface area contributed by atoms with Crippen molar-refractivity contribution in [1.29, 1.82) is 0 Å². The highest BCUT2D eigenvalue weighted by molar-refractivity contribution is 5.94. The van der Waals surface area contributed by atoms with Gasteiger partial charge in [0.05, 0.1) is 12.8 Å². The highest BCUT2D eigenvalue weighted by Crippen LogP contribution is 2.23. The summed E-state index contributed by atoms with van der Waals surface area (Å²) in [5, 5.41) is 5.57. The van der Waals surface area contributed by atoms with Gasteiger partial charge in [-0.25, -0.2) is 0 Å². The molecule has 1 saturated carbocycles. The summed E-state index contributed by atoms with van der Waals surface area (Å²) >= 11 is 0. The molecule has 114 valence electrons. The zero-order valence-electron chi connectivity index (χ0n) is 12.3. The van der Waals surface area contributed by atoms with E-state index >= 15 is 0 Å². The molecule has 1 aliphatic rings. The third kappa shape index (κ3) is 5.10. The molecule has 5 nitrogen and oxygen atoms in total. The van der Waals surface area contributed by atoms with Gasteiger partial charge in [-0.15, -0.1) is 0 Å². The van der Waals surface area contributed by atoms with Gasteiger partial charge in [0, 0.05) is 12.1 Å². The third-order valence-corrected chi connectivity index (χ3v) is 3.82. The predicted molar refractivity (Wildman–Crippen MR) is 80.3 cm³/mol. The lowest BCUT2D eigenvalue weighted by Crippen LogP contribution is -2.45. The van der Waals surface area contributed by atoms with E-state index < -0.39 is 0 Å². The zero-order chi connectivity index (χ0) is 15.1. The molecule has 0 aliphatic heterocycles. The Labute approximate surface area is 124 Å². The molecule has 0 spiro atoms. The predicted octanol–water partition coefficient (Wildman–Crippen LogP) is 2.10. The van der Waals surface area contributed by atoms with Crippen LogP contribution >= 0.6 is 0 Å². The lowest BCUT2D eigenvalue weighted by molar-refractivity contribution is -0.124. The van der Waals surface area contributed by atoms with Crippen LogP contribution in [0.1, 0.15) is 38.4 Å². The maximum absolute atomic E-state index is 11.8. The minimum absolute atomic E-state index is 0.00451. The fourth-order valence-electron chi connectivity index (χ4n) is 2.56. The molecule has 1 fully saturated rings. The third-order valence-electron chi connectivity index (χ3n) is 3.82. The Balaban J connectivity index is 1.69. The van der Waals surface area contributed by atoms with Crippen LogP contribution in [-0.4, -0.2) is 24.4 Å². The first-order chi connectivity index (χ1) is 10.1. The Morgan fingerprint density at radius 1 is 1.38 bits per heavy atom. The fourth-order valence-corrected chi connectivity index (χ4v) is 2.56. The number of rotatable bonds is 5. The molecule has 2 N–H and O–H groups in total. The molecule has 2 amide bonds. The van der Waals surface area contributed by atoms with Crippen molar-refractivity contribution in [2.45, 2.75) is 38.6 Å². The normalized spacial score (nSPS) is 22.1. The van der Waals surface area contributed by atoms with E-state index in [1.165, 1.54) is 18.8 Å². The molecule has 2 rings (SSSR count). The number of hydrogen-bond donors (Lipinski definition) is 2. The average molecular weight is 290 g/mol. The Bertz CT molecular complexity index is 494. The molecular weight excluding hydrogens is 268 g/mol. The van der Waals surface area contributed by atoms with Crippen LogP contribution in [0.4, 0.5) is 0 Å². The maximum atomic E-state index is 11.8. The van der Waals surface area contributed by atoms with Crippen LogP contribution in [0.25, 0.3) is 6.08 Å². The molecule has 5 heteroatoms. The Hall–Kier alpha value is -2.04. The summed E-state index contributed by atoms with van der Waals surface area (Å²) in [5.41, 5.74) is 0. The van der Waals surface area contributed by atoms with Gasteiger partial charge < -0.3 is 15.1 Å². The van der Waals surface area contributed by atoms with Gasteiger partial charge in [-0.3, -0.25) is 9.59 Å². The molecule has 0 radical (unpaired) electrons. The largest absolute Gasteiger partial charge is 0.465 e. The summed E-state index contributed by atoms with van der Waals surface area (Å²) in [5.74, 6) is 0.676. The first kappa shape index (κ1) is 15.4. The standard InChI is InChI=1S/C16H22N2O3/c1-12-5-2-3-7-14(12)18-16(20)11-17-15(19)9-8-13-6-4-10-21-13/h4,6,8-10,12,14H,2-3,5,7,11H2,1H3,(H,17,19)(H,18,20)/b9-8+. The Morgan fingerprint density at radius 3 is 2.90 bits per heavy atom. The molecule has 2 unspecified atom stereocenters. The number of hydrogen-bond acceptors (Lipinski definition) is 3. The van der Waals surface area contributed by atoms with Gasteiger partial charge in [-0.05, 0) is 37.0 Å². The minimum atomic E-state index is -0.307. The van der Waals surface area contributed by atoms with Crippen LogP contribution in [0.15, 0.2) is 28.9 Å². The number of carbonyl (C=O) groups is 2. The molecule has 1 heterocycles. The van der Waals surface area contributed by atoms with Crippen LogP contribution in [0.5, 0.6) is 0 Å². The van der Waals surface area contributed by atoms with Crippen LogP contribution in [-0.2, 0) is 9.59 Å². The molecule has 1 aromatic rings. The molecule has 1 aromatic heterocycles. The number of amides is 2. The molecule has 0 saturated heterocycles. The molecular formula is C16H22N2O3. The molecule has 21 heavy (non-hydrogen) atoms. The van der Waals surface area contributed by atoms with Gasteiger partial charge in [0.2, 0.25) is 11.8 Å². The second-order valence-corrected chi connectivity index (χ2v) is 5.50. The van der Waals surface area contributed by atoms with Crippen molar-refractivity contribution >= 4 is 17.9 Å².